The standard InChI is InChI=1S/C19H25ClN2O.CH3NO/c1-21(2)19(23)22-13-15(12-14-8-5-3-4-6-9-14)18-16(20)10-7-11-17(18)22;2-1-3/h7,10-11,13-14H,3-6,8-9,12H2,1-2H3;1H,(H2,2,3). The summed E-state index contributed by atoms with van der Waals surface area (Å²) in [7, 11) is 3.56. The molecular formula is C20H28ClN3O2. The summed E-state index contributed by atoms with van der Waals surface area (Å²) in [6.45, 7) is 0. The predicted octanol–water partition coefficient (Wildman–Crippen LogP) is 4.44. The van der Waals surface area contributed by atoms with Gasteiger partial charge in [0.1, 0.15) is 0 Å². The molecule has 0 spiro atoms. The third-order valence-corrected chi connectivity index (χ3v) is 5.24. The molecule has 0 saturated heterocycles. The van der Waals surface area contributed by atoms with Gasteiger partial charge in [0.2, 0.25) is 6.41 Å². The fourth-order valence-corrected chi connectivity index (χ4v) is 4.02. The van der Waals surface area contributed by atoms with E-state index in [1.54, 1.807) is 23.6 Å². The smallest absolute Gasteiger partial charge is 0.328 e. The number of amides is 2. The van der Waals surface area contributed by atoms with Crippen LogP contribution in [0.4, 0.5) is 4.79 Å². The van der Waals surface area contributed by atoms with Crippen LogP contribution in [0.3, 0.4) is 0 Å². The van der Waals surface area contributed by atoms with Crippen molar-refractivity contribution in [3.8, 4) is 0 Å². The van der Waals surface area contributed by atoms with Gasteiger partial charge in [0.15, 0.2) is 0 Å². The highest BCUT2D eigenvalue weighted by Crippen LogP contribution is 2.33. The summed E-state index contributed by atoms with van der Waals surface area (Å²) >= 11 is 6.47. The second kappa shape index (κ2) is 9.62. The van der Waals surface area contributed by atoms with Gasteiger partial charge in [0.05, 0.1) is 10.5 Å². The van der Waals surface area contributed by atoms with Crippen LogP contribution < -0.4 is 5.73 Å². The van der Waals surface area contributed by atoms with Gasteiger partial charge in [0, 0.05) is 25.7 Å². The van der Waals surface area contributed by atoms with Crippen LogP contribution in [-0.4, -0.2) is 36.0 Å². The lowest BCUT2D eigenvalue weighted by Gasteiger charge is -2.13. The molecule has 1 aliphatic carbocycles. The fourth-order valence-electron chi connectivity index (χ4n) is 3.73. The fraction of sp³-hybridized carbons (Fsp3) is 0.500. The van der Waals surface area contributed by atoms with E-state index in [0.29, 0.717) is 5.92 Å². The summed E-state index contributed by atoms with van der Waals surface area (Å²) in [6.07, 6.45) is 11.2. The molecule has 0 aliphatic heterocycles. The maximum Gasteiger partial charge on any atom is 0.328 e. The lowest BCUT2D eigenvalue weighted by atomic mass is 9.92. The minimum absolute atomic E-state index is 0.0237. The van der Waals surface area contributed by atoms with Crippen LogP contribution in [0.15, 0.2) is 24.4 Å². The molecule has 0 bridgehead atoms. The number of hydrogen-bond acceptors (Lipinski definition) is 2. The molecule has 0 unspecified atom stereocenters. The summed E-state index contributed by atoms with van der Waals surface area (Å²) in [5.74, 6) is 0.710. The number of rotatable bonds is 2. The van der Waals surface area contributed by atoms with Gasteiger partial charge in [0.25, 0.3) is 0 Å². The van der Waals surface area contributed by atoms with E-state index in [1.807, 2.05) is 24.4 Å². The summed E-state index contributed by atoms with van der Waals surface area (Å²) in [4.78, 5) is 22.7. The normalized spacial score (nSPS) is 15.0. The highest BCUT2D eigenvalue weighted by Gasteiger charge is 2.20. The zero-order chi connectivity index (χ0) is 19.1. The quantitative estimate of drug-likeness (QED) is 0.621. The van der Waals surface area contributed by atoms with Crippen molar-refractivity contribution in [2.45, 2.75) is 44.9 Å². The summed E-state index contributed by atoms with van der Waals surface area (Å²) < 4.78 is 1.74. The van der Waals surface area contributed by atoms with Crippen molar-refractivity contribution in [3.05, 3.63) is 35.0 Å². The van der Waals surface area contributed by atoms with E-state index in [4.69, 9.17) is 16.4 Å². The van der Waals surface area contributed by atoms with Crippen LogP contribution in [-0.2, 0) is 11.2 Å². The van der Waals surface area contributed by atoms with Crippen molar-refractivity contribution in [2.24, 2.45) is 11.7 Å². The van der Waals surface area contributed by atoms with E-state index < -0.39 is 0 Å². The maximum atomic E-state index is 12.5. The molecular weight excluding hydrogens is 350 g/mol. The van der Waals surface area contributed by atoms with E-state index in [1.165, 1.54) is 44.1 Å². The molecule has 0 radical (unpaired) electrons. The van der Waals surface area contributed by atoms with Crippen LogP contribution in [0, 0.1) is 5.92 Å². The zero-order valence-electron chi connectivity index (χ0n) is 15.6. The number of aromatic nitrogens is 1. The predicted molar refractivity (Wildman–Crippen MR) is 107 cm³/mol. The molecule has 1 saturated carbocycles. The first-order valence-corrected chi connectivity index (χ1v) is 9.52. The summed E-state index contributed by atoms with van der Waals surface area (Å²) in [5, 5.41) is 1.80. The van der Waals surface area contributed by atoms with Crippen molar-refractivity contribution >= 4 is 34.9 Å². The number of benzene rings is 1. The molecule has 6 heteroatoms. The van der Waals surface area contributed by atoms with Gasteiger partial charge in [-0.2, -0.15) is 0 Å². The van der Waals surface area contributed by atoms with Crippen molar-refractivity contribution in [2.75, 3.05) is 14.1 Å². The molecule has 2 N–H and O–H groups in total. The highest BCUT2D eigenvalue weighted by molar-refractivity contribution is 6.35. The number of nitrogens with two attached hydrogens (primary N) is 1. The molecule has 1 fully saturated rings. The third kappa shape index (κ3) is 4.79. The summed E-state index contributed by atoms with van der Waals surface area (Å²) in [6, 6.07) is 5.80. The lowest BCUT2D eigenvalue weighted by Crippen LogP contribution is -2.26. The van der Waals surface area contributed by atoms with Gasteiger partial charge in [-0.1, -0.05) is 56.2 Å². The SMILES string of the molecule is CN(C)C(=O)n1cc(CC2CCCCCC2)c2c(Cl)cccc21.NC=O. The topological polar surface area (TPSA) is 68.3 Å². The van der Waals surface area contributed by atoms with Gasteiger partial charge in [-0.15, -0.1) is 0 Å². The van der Waals surface area contributed by atoms with Gasteiger partial charge < -0.3 is 10.6 Å². The largest absolute Gasteiger partial charge is 0.372 e. The second-order valence-electron chi connectivity index (χ2n) is 7.03. The van der Waals surface area contributed by atoms with Crippen molar-refractivity contribution in [1.82, 2.24) is 9.47 Å². The zero-order valence-corrected chi connectivity index (χ0v) is 16.3. The van der Waals surface area contributed by atoms with Crippen molar-refractivity contribution in [3.63, 3.8) is 0 Å². The lowest BCUT2D eigenvalue weighted by molar-refractivity contribution is -0.106. The Kier molecular flexibility index (Phi) is 7.51. The Bertz CT molecular complexity index is 747. The summed E-state index contributed by atoms with van der Waals surface area (Å²) in [5.41, 5.74) is 6.30. The van der Waals surface area contributed by atoms with Crippen LogP contribution in [0.1, 0.15) is 44.1 Å². The Morgan fingerprint density at radius 2 is 1.88 bits per heavy atom. The Labute approximate surface area is 160 Å². The first kappa shape index (κ1) is 20.3. The number of carbonyl (C=O) groups excluding carboxylic acids is 2. The molecule has 1 aromatic carbocycles. The Morgan fingerprint density at radius 1 is 1.27 bits per heavy atom. The molecule has 2 amide bonds. The molecule has 1 aromatic heterocycles. The average molecular weight is 378 g/mol. The second-order valence-corrected chi connectivity index (χ2v) is 7.44. The Morgan fingerprint density at radius 3 is 2.46 bits per heavy atom. The van der Waals surface area contributed by atoms with Crippen LogP contribution in [0.25, 0.3) is 10.9 Å². The first-order chi connectivity index (χ1) is 12.5. The van der Waals surface area contributed by atoms with Gasteiger partial charge in [-0.3, -0.25) is 9.36 Å². The van der Waals surface area contributed by atoms with E-state index in [-0.39, 0.29) is 12.4 Å². The number of primary amides is 1. The number of fused-ring (bicyclic) bond motifs is 1. The van der Waals surface area contributed by atoms with E-state index in [0.717, 1.165) is 22.3 Å². The minimum atomic E-state index is -0.0237. The molecule has 0 atom stereocenters. The Balaban J connectivity index is 0.000000758. The van der Waals surface area contributed by atoms with E-state index >= 15 is 0 Å². The number of hydrogen-bond donors (Lipinski definition) is 1. The van der Waals surface area contributed by atoms with Gasteiger partial charge in [-0.25, -0.2) is 4.79 Å². The van der Waals surface area contributed by atoms with Crippen LogP contribution in [0.5, 0.6) is 0 Å². The molecule has 142 valence electrons. The number of nitrogens with zero attached hydrogens (tertiary/aromatic N) is 2. The molecule has 26 heavy (non-hydrogen) atoms. The molecule has 1 aliphatic rings. The first-order valence-electron chi connectivity index (χ1n) is 9.15. The maximum absolute atomic E-state index is 12.5. The molecule has 3 rings (SSSR count). The third-order valence-electron chi connectivity index (χ3n) is 4.93. The average Bonchev–Trinajstić information content (AvgIpc) is 2.78. The van der Waals surface area contributed by atoms with Gasteiger partial charge in [-0.05, 0) is 30.0 Å². The van der Waals surface area contributed by atoms with E-state index in [9.17, 15) is 4.79 Å². The molecule has 2 aromatic rings. The van der Waals surface area contributed by atoms with Crippen LogP contribution in [0.2, 0.25) is 5.02 Å². The minimum Gasteiger partial charge on any atom is -0.372 e. The van der Waals surface area contributed by atoms with E-state index in [2.05, 4.69) is 5.73 Å². The highest BCUT2D eigenvalue weighted by atomic mass is 35.5. The number of halogens is 1. The Hall–Kier alpha value is -2.01. The molecule has 5 nitrogen and oxygen atoms in total. The monoisotopic (exact) mass is 377 g/mol. The van der Waals surface area contributed by atoms with Crippen molar-refractivity contribution < 1.29 is 9.59 Å². The molecule has 1 heterocycles. The van der Waals surface area contributed by atoms with Crippen LogP contribution >= 0.6 is 11.6 Å². The van der Waals surface area contributed by atoms with Gasteiger partial charge >= 0.3 is 6.03 Å². The number of carbonyl (C=O) groups is 2. The van der Waals surface area contributed by atoms with Crippen molar-refractivity contribution in [1.29, 1.82) is 0 Å².